The molecule has 13 heteroatoms. The molecule has 12 nitrogen and oxygen atoms in total. The lowest BCUT2D eigenvalue weighted by Crippen LogP contribution is -2.59. The van der Waals surface area contributed by atoms with Crippen LogP contribution in [-0.4, -0.2) is 78.8 Å². The van der Waals surface area contributed by atoms with Crippen molar-refractivity contribution >= 4 is 57.7 Å². The van der Waals surface area contributed by atoms with Crippen molar-refractivity contribution in [2.24, 2.45) is 0 Å². The average molecular weight is 592 g/mol. The monoisotopic (exact) mass is 591 g/mol. The number of carboxylic acids is 1. The van der Waals surface area contributed by atoms with E-state index in [0.717, 1.165) is 23.4 Å². The number of carbonyl (C=O) groups excluding carboxylic acids is 2. The van der Waals surface area contributed by atoms with Crippen molar-refractivity contribution in [3.8, 4) is 5.75 Å². The van der Waals surface area contributed by atoms with Gasteiger partial charge in [-0.25, -0.2) is 9.59 Å². The Kier molecular flexibility index (Phi) is 6.50. The lowest BCUT2D eigenvalue weighted by atomic mass is 10.0. The molecule has 2 amide bonds. The molecule has 0 bridgehead atoms. The number of aromatic carboxylic acids is 1. The molecule has 1 aliphatic carbocycles. The van der Waals surface area contributed by atoms with E-state index in [0.29, 0.717) is 60.0 Å². The van der Waals surface area contributed by atoms with Crippen LogP contribution in [0.4, 0.5) is 21.9 Å². The van der Waals surface area contributed by atoms with Crippen LogP contribution in [0.2, 0.25) is 0 Å². The molecular weight excluding hydrogens is 562 g/mol. The van der Waals surface area contributed by atoms with Crippen LogP contribution in [0.3, 0.4) is 0 Å². The highest BCUT2D eigenvalue weighted by atomic mass is 32.2. The van der Waals surface area contributed by atoms with Crippen molar-refractivity contribution in [1.82, 2.24) is 9.88 Å². The third kappa shape index (κ3) is 4.62. The van der Waals surface area contributed by atoms with Gasteiger partial charge >= 0.3 is 12.1 Å². The van der Waals surface area contributed by atoms with E-state index in [1.54, 1.807) is 18.1 Å². The Morgan fingerprint density at radius 3 is 2.71 bits per heavy atom. The first-order chi connectivity index (χ1) is 20.3. The van der Waals surface area contributed by atoms with Crippen molar-refractivity contribution < 1.29 is 29.0 Å². The zero-order valence-electron chi connectivity index (χ0n) is 22.8. The second-order valence-corrected chi connectivity index (χ2v) is 12.0. The Balaban J connectivity index is 1.01. The zero-order valence-corrected chi connectivity index (χ0v) is 23.6. The van der Waals surface area contributed by atoms with Gasteiger partial charge in [-0.05, 0) is 43.2 Å². The van der Waals surface area contributed by atoms with E-state index < -0.39 is 17.5 Å². The van der Waals surface area contributed by atoms with Gasteiger partial charge in [0.15, 0.2) is 5.75 Å². The number of thioether (sulfide) groups is 1. The number of cyclic esters (lactones) is 1. The number of ether oxygens (including phenoxy) is 2. The number of fused-ring (bicyclic) bond motifs is 2. The number of nitrogens with zero attached hydrogens (tertiary/aromatic N) is 3. The van der Waals surface area contributed by atoms with E-state index in [9.17, 15) is 24.3 Å². The number of carbonyl (C=O) groups is 3. The van der Waals surface area contributed by atoms with Crippen LogP contribution < -0.4 is 30.6 Å². The minimum Gasteiger partial charge on any atom is -0.492 e. The normalized spacial score (nSPS) is 20.3. The molecule has 1 aromatic heterocycles. The van der Waals surface area contributed by atoms with Crippen LogP contribution in [0.5, 0.6) is 5.75 Å². The van der Waals surface area contributed by atoms with E-state index in [-0.39, 0.29) is 29.7 Å². The van der Waals surface area contributed by atoms with Gasteiger partial charge in [-0.15, -0.1) is 11.8 Å². The smallest absolute Gasteiger partial charge is 0.414 e. The van der Waals surface area contributed by atoms with E-state index in [2.05, 4.69) is 15.5 Å². The largest absolute Gasteiger partial charge is 0.492 e. The third-order valence-corrected chi connectivity index (χ3v) is 9.21. The summed E-state index contributed by atoms with van der Waals surface area (Å²) in [4.78, 5) is 53.8. The molecule has 2 aromatic carbocycles. The molecule has 0 spiro atoms. The molecule has 7 rings (SSSR count). The van der Waals surface area contributed by atoms with E-state index >= 15 is 0 Å². The van der Waals surface area contributed by atoms with Gasteiger partial charge in [0.2, 0.25) is 11.3 Å². The molecule has 2 saturated heterocycles. The van der Waals surface area contributed by atoms with Gasteiger partial charge < -0.3 is 34.7 Å². The first-order valence-corrected chi connectivity index (χ1v) is 14.8. The number of methoxy groups -OCH3 is 1. The summed E-state index contributed by atoms with van der Waals surface area (Å²) in [6.07, 6.45) is 2.55. The summed E-state index contributed by atoms with van der Waals surface area (Å²) in [6.45, 7) is 2.27. The molecule has 3 fully saturated rings. The maximum Gasteiger partial charge on any atom is 0.414 e. The number of anilines is 3. The van der Waals surface area contributed by atoms with Crippen molar-refractivity contribution in [3.63, 3.8) is 0 Å². The van der Waals surface area contributed by atoms with Gasteiger partial charge in [-0.2, -0.15) is 0 Å². The SMILES string of the molecule is COc1c(N2CC(NCC3CN(c4ccc5c(c4)NC(=O)CS5)C(=O)O3)C2)ccc2c(=O)c(C(=O)O)cn(C3CC3)c12. The van der Waals surface area contributed by atoms with Gasteiger partial charge in [0.25, 0.3) is 0 Å². The first-order valence-electron chi connectivity index (χ1n) is 13.8. The summed E-state index contributed by atoms with van der Waals surface area (Å²) in [6, 6.07) is 9.40. The first kappa shape index (κ1) is 26.7. The minimum absolute atomic E-state index is 0.0591. The second kappa shape index (κ2) is 10.2. The standard InChI is InChI=1S/C29H29N5O7S/c1-40-27-22(6-5-19-25(27)33(16-2-3-16)13-20(26(19)36)28(37)38)32-10-15(11-32)30-9-18-12-34(29(39)41-18)17-4-7-23-21(8-17)31-24(35)14-42-23/h4-8,13,15-16,18,30H,2-3,9-12,14H2,1H3,(H,31,35)(H,37,38). The predicted octanol–water partition coefficient (Wildman–Crippen LogP) is 2.89. The topological polar surface area (TPSA) is 142 Å². The highest BCUT2D eigenvalue weighted by molar-refractivity contribution is 8.00. The van der Waals surface area contributed by atoms with E-state index in [4.69, 9.17) is 9.47 Å². The Labute approximate surface area is 244 Å². The van der Waals surface area contributed by atoms with Gasteiger partial charge in [-0.1, -0.05) is 0 Å². The number of benzene rings is 2. The van der Waals surface area contributed by atoms with Gasteiger partial charge in [0, 0.05) is 48.5 Å². The number of carboxylic acid groups (broad SMARTS) is 1. The number of pyridine rings is 1. The van der Waals surface area contributed by atoms with Crippen molar-refractivity contribution in [1.29, 1.82) is 0 Å². The fourth-order valence-corrected chi connectivity index (χ4v) is 6.62. The van der Waals surface area contributed by atoms with Gasteiger partial charge in [-0.3, -0.25) is 14.5 Å². The average Bonchev–Trinajstić information content (AvgIpc) is 3.73. The summed E-state index contributed by atoms with van der Waals surface area (Å²) in [5, 5.41) is 16.2. The second-order valence-electron chi connectivity index (χ2n) is 11.0. The summed E-state index contributed by atoms with van der Waals surface area (Å²) >= 11 is 1.47. The minimum atomic E-state index is -1.23. The number of aromatic nitrogens is 1. The Bertz CT molecular complexity index is 1700. The van der Waals surface area contributed by atoms with Crippen molar-refractivity contribution in [2.75, 3.05) is 54.2 Å². The fraction of sp³-hybridized carbons (Fsp3) is 0.379. The molecule has 1 unspecified atom stereocenters. The van der Waals surface area contributed by atoms with Gasteiger partial charge in [0.05, 0.1) is 41.7 Å². The summed E-state index contributed by atoms with van der Waals surface area (Å²) in [5.41, 5.74) is 2.11. The van der Waals surface area contributed by atoms with Crippen LogP contribution in [0.15, 0.2) is 46.2 Å². The number of hydrogen-bond donors (Lipinski definition) is 3. The molecule has 218 valence electrons. The highest BCUT2D eigenvalue weighted by Crippen LogP contribution is 2.43. The maximum absolute atomic E-state index is 12.9. The molecule has 3 N–H and O–H groups in total. The van der Waals surface area contributed by atoms with Crippen LogP contribution in [0.1, 0.15) is 29.2 Å². The Morgan fingerprint density at radius 1 is 1.17 bits per heavy atom. The van der Waals surface area contributed by atoms with Crippen LogP contribution in [0, 0.1) is 0 Å². The maximum atomic E-state index is 12.9. The molecule has 4 aliphatic rings. The molecule has 1 atom stereocenters. The fourth-order valence-electron chi connectivity index (χ4n) is 5.83. The molecule has 4 heterocycles. The number of amides is 2. The zero-order chi connectivity index (χ0) is 29.1. The summed E-state index contributed by atoms with van der Waals surface area (Å²) in [7, 11) is 1.57. The van der Waals surface area contributed by atoms with Crippen LogP contribution in [0.25, 0.3) is 10.9 Å². The van der Waals surface area contributed by atoms with Gasteiger partial charge in [0.1, 0.15) is 11.7 Å². The Morgan fingerprint density at radius 2 is 1.98 bits per heavy atom. The number of hydrogen-bond acceptors (Lipinski definition) is 9. The number of nitrogens with one attached hydrogen (secondary N) is 2. The van der Waals surface area contributed by atoms with Crippen LogP contribution in [-0.2, 0) is 9.53 Å². The molecule has 3 aromatic rings. The quantitative estimate of drug-likeness (QED) is 0.358. The van der Waals surface area contributed by atoms with E-state index in [1.807, 2.05) is 28.8 Å². The van der Waals surface area contributed by atoms with Crippen molar-refractivity contribution in [2.45, 2.75) is 35.9 Å². The van der Waals surface area contributed by atoms with Crippen molar-refractivity contribution in [3.05, 3.63) is 52.3 Å². The Hall–Kier alpha value is -4.23. The third-order valence-electron chi connectivity index (χ3n) is 8.14. The molecule has 3 aliphatic heterocycles. The molecule has 0 radical (unpaired) electrons. The summed E-state index contributed by atoms with van der Waals surface area (Å²) in [5.74, 6) is -0.349. The highest BCUT2D eigenvalue weighted by Gasteiger charge is 2.36. The lowest BCUT2D eigenvalue weighted by molar-refractivity contribution is -0.113. The van der Waals surface area contributed by atoms with E-state index in [1.165, 1.54) is 18.0 Å². The van der Waals surface area contributed by atoms with Crippen LogP contribution >= 0.6 is 11.8 Å². The molecular formula is C29H29N5O7S. The number of rotatable bonds is 8. The predicted molar refractivity (Wildman–Crippen MR) is 157 cm³/mol. The summed E-state index contributed by atoms with van der Waals surface area (Å²) < 4.78 is 13.3. The molecule has 1 saturated carbocycles. The lowest BCUT2D eigenvalue weighted by Gasteiger charge is -2.42. The molecule has 42 heavy (non-hydrogen) atoms.